The van der Waals surface area contributed by atoms with Crippen LogP contribution < -0.4 is 15.4 Å². The van der Waals surface area contributed by atoms with E-state index in [9.17, 15) is 0 Å². The average Bonchev–Trinajstić information content (AvgIpc) is 2.71. The van der Waals surface area contributed by atoms with E-state index in [1.807, 2.05) is 48.5 Å². The molecule has 0 amide bonds. The Labute approximate surface area is 164 Å². The largest absolute Gasteiger partial charge is 0.497 e. The van der Waals surface area contributed by atoms with E-state index in [-0.39, 0.29) is 0 Å². The predicted octanol–water partition coefficient (Wildman–Crippen LogP) is 5.74. The molecule has 28 heavy (non-hydrogen) atoms. The summed E-state index contributed by atoms with van der Waals surface area (Å²) in [4.78, 5) is 9.41. The van der Waals surface area contributed by atoms with E-state index >= 15 is 0 Å². The van der Waals surface area contributed by atoms with Gasteiger partial charge in [0.25, 0.3) is 0 Å². The molecule has 1 aromatic heterocycles. The maximum absolute atomic E-state index is 5.23. The minimum Gasteiger partial charge on any atom is -0.497 e. The van der Waals surface area contributed by atoms with Crippen molar-refractivity contribution >= 4 is 34.0 Å². The molecule has 0 aliphatic carbocycles. The molecule has 0 spiro atoms. The van der Waals surface area contributed by atoms with Gasteiger partial charge in [-0.3, -0.25) is 0 Å². The van der Waals surface area contributed by atoms with Crippen LogP contribution in [0.25, 0.3) is 10.9 Å². The summed E-state index contributed by atoms with van der Waals surface area (Å²) in [7, 11) is 1.66. The molecule has 0 aliphatic rings. The third kappa shape index (κ3) is 3.74. The Balaban J connectivity index is 1.72. The highest BCUT2D eigenvalue weighted by atomic mass is 16.5. The second-order valence-corrected chi connectivity index (χ2v) is 6.71. The normalized spacial score (nSPS) is 10.7. The lowest BCUT2D eigenvalue weighted by Gasteiger charge is -2.13. The van der Waals surface area contributed by atoms with Crippen LogP contribution in [0.3, 0.4) is 0 Å². The van der Waals surface area contributed by atoms with E-state index in [0.29, 0.717) is 5.95 Å². The maximum Gasteiger partial charge on any atom is 0.229 e. The van der Waals surface area contributed by atoms with Crippen LogP contribution in [0.2, 0.25) is 0 Å². The van der Waals surface area contributed by atoms with Gasteiger partial charge >= 0.3 is 0 Å². The van der Waals surface area contributed by atoms with Crippen LogP contribution in [-0.4, -0.2) is 17.1 Å². The highest BCUT2D eigenvalue weighted by Crippen LogP contribution is 2.28. The first-order valence-electron chi connectivity index (χ1n) is 9.14. The van der Waals surface area contributed by atoms with Gasteiger partial charge in [-0.05, 0) is 61.9 Å². The van der Waals surface area contributed by atoms with Crippen LogP contribution in [0, 0.1) is 13.8 Å². The minimum atomic E-state index is 0.557. The molecule has 0 fully saturated rings. The number of nitrogens with one attached hydrogen (secondary N) is 2. The first kappa shape index (κ1) is 17.8. The smallest absolute Gasteiger partial charge is 0.229 e. The van der Waals surface area contributed by atoms with Crippen LogP contribution >= 0.6 is 0 Å². The quantitative estimate of drug-likeness (QED) is 0.469. The van der Waals surface area contributed by atoms with E-state index in [4.69, 9.17) is 9.72 Å². The van der Waals surface area contributed by atoms with Gasteiger partial charge in [-0.2, -0.15) is 4.98 Å². The molecule has 0 saturated heterocycles. The van der Waals surface area contributed by atoms with Crippen molar-refractivity contribution in [2.45, 2.75) is 13.8 Å². The Kier molecular flexibility index (Phi) is 4.81. The summed E-state index contributed by atoms with van der Waals surface area (Å²) < 4.78 is 5.23. The van der Waals surface area contributed by atoms with E-state index in [0.717, 1.165) is 39.4 Å². The van der Waals surface area contributed by atoms with Gasteiger partial charge < -0.3 is 15.4 Å². The Hall–Kier alpha value is -3.60. The van der Waals surface area contributed by atoms with Gasteiger partial charge in [0.1, 0.15) is 11.6 Å². The predicted molar refractivity (Wildman–Crippen MR) is 115 cm³/mol. The fraction of sp³-hybridized carbons (Fsp3) is 0.130. The van der Waals surface area contributed by atoms with Crippen molar-refractivity contribution in [2.75, 3.05) is 17.7 Å². The Morgan fingerprint density at radius 2 is 1.61 bits per heavy atom. The standard InChI is InChI=1S/C23H22N4O/c1-15-8-13-20(16(2)14-15)25-23-26-21-7-5-4-6-19(21)22(27-23)24-17-9-11-18(28-3)12-10-17/h4-14H,1-3H3,(H2,24,25,26,27). The van der Waals surface area contributed by atoms with Gasteiger partial charge in [0, 0.05) is 16.8 Å². The maximum atomic E-state index is 5.23. The summed E-state index contributed by atoms with van der Waals surface area (Å²) in [5, 5.41) is 7.72. The molecule has 1 heterocycles. The van der Waals surface area contributed by atoms with Crippen molar-refractivity contribution in [3.8, 4) is 5.75 Å². The molecule has 4 rings (SSSR count). The number of rotatable bonds is 5. The highest BCUT2D eigenvalue weighted by Gasteiger charge is 2.09. The van der Waals surface area contributed by atoms with Crippen LogP contribution in [0.4, 0.5) is 23.1 Å². The van der Waals surface area contributed by atoms with Crippen molar-refractivity contribution < 1.29 is 4.74 Å². The molecule has 0 atom stereocenters. The van der Waals surface area contributed by atoms with Crippen molar-refractivity contribution in [2.24, 2.45) is 0 Å². The van der Waals surface area contributed by atoms with Gasteiger partial charge in [-0.15, -0.1) is 0 Å². The van der Waals surface area contributed by atoms with Crippen molar-refractivity contribution in [1.82, 2.24) is 9.97 Å². The second-order valence-electron chi connectivity index (χ2n) is 6.71. The first-order chi connectivity index (χ1) is 13.6. The van der Waals surface area contributed by atoms with Gasteiger partial charge in [0.05, 0.1) is 12.6 Å². The second kappa shape index (κ2) is 7.56. The Bertz CT molecular complexity index is 1120. The van der Waals surface area contributed by atoms with Crippen LogP contribution in [-0.2, 0) is 0 Å². The number of benzene rings is 3. The topological polar surface area (TPSA) is 59.1 Å². The monoisotopic (exact) mass is 370 g/mol. The molecule has 0 saturated carbocycles. The van der Waals surface area contributed by atoms with Gasteiger partial charge in [0.2, 0.25) is 5.95 Å². The number of ether oxygens (including phenoxy) is 1. The van der Waals surface area contributed by atoms with Crippen molar-refractivity contribution in [3.63, 3.8) is 0 Å². The summed E-state index contributed by atoms with van der Waals surface area (Å²) in [6, 6.07) is 22.0. The van der Waals surface area contributed by atoms with Crippen LogP contribution in [0.15, 0.2) is 66.7 Å². The van der Waals surface area contributed by atoms with E-state index in [2.05, 4.69) is 47.7 Å². The minimum absolute atomic E-state index is 0.557. The number of anilines is 4. The number of fused-ring (bicyclic) bond motifs is 1. The lowest BCUT2D eigenvalue weighted by atomic mass is 10.1. The summed E-state index contributed by atoms with van der Waals surface area (Å²) in [5.74, 6) is 2.12. The molecule has 140 valence electrons. The van der Waals surface area contributed by atoms with Gasteiger partial charge in [-0.1, -0.05) is 29.8 Å². The SMILES string of the molecule is COc1ccc(Nc2nc(Nc3ccc(C)cc3C)nc3ccccc23)cc1. The summed E-state index contributed by atoms with van der Waals surface area (Å²) in [6.45, 7) is 4.16. The third-order valence-electron chi connectivity index (χ3n) is 4.58. The summed E-state index contributed by atoms with van der Waals surface area (Å²) in [6.07, 6.45) is 0. The average molecular weight is 370 g/mol. The van der Waals surface area contributed by atoms with Crippen molar-refractivity contribution in [3.05, 3.63) is 77.9 Å². The number of para-hydroxylation sites is 1. The highest BCUT2D eigenvalue weighted by molar-refractivity contribution is 5.92. The lowest BCUT2D eigenvalue weighted by molar-refractivity contribution is 0.415. The lowest BCUT2D eigenvalue weighted by Crippen LogP contribution is -2.03. The summed E-state index contributed by atoms with van der Waals surface area (Å²) in [5.41, 5.74) is 5.19. The number of hydrogen-bond acceptors (Lipinski definition) is 5. The van der Waals surface area contributed by atoms with E-state index < -0.39 is 0 Å². The molecular weight excluding hydrogens is 348 g/mol. The fourth-order valence-electron chi connectivity index (χ4n) is 3.11. The molecule has 4 aromatic rings. The van der Waals surface area contributed by atoms with Gasteiger partial charge in [0.15, 0.2) is 0 Å². The fourth-order valence-corrected chi connectivity index (χ4v) is 3.11. The molecular formula is C23H22N4O. The van der Waals surface area contributed by atoms with Gasteiger partial charge in [-0.25, -0.2) is 4.98 Å². The number of nitrogens with zero attached hydrogens (tertiary/aromatic N) is 2. The van der Waals surface area contributed by atoms with E-state index in [1.165, 1.54) is 5.56 Å². The molecule has 0 aliphatic heterocycles. The van der Waals surface area contributed by atoms with Crippen LogP contribution in [0.1, 0.15) is 11.1 Å². The summed E-state index contributed by atoms with van der Waals surface area (Å²) >= 11 is 0. The van der Waals surface area contributed by atoms with E-state index in [1.54, 1.807) is 7.11 Å². The number of aromatic nitrogens is 2. The zero-order valence-corrected chi connectivity index (χ0v) is 16.2. The molecule has 0 radical (unpaired) electrons. The zero-order chi connectivity index (χ0) is 19.5. The molecule has 3 aromatic carbocycles. The zero-order valence-electron chi connectivity index (χ0n) is 16.2. The Morgan fingerprint density at radius 3 is 2.36 bits per heavy atom. The molecule has 0 bridgehead atoms. The first-order valence-corrected chi connectivity index (χ1v) is 9.14. The number of aryl methyl sites for hydroxylation is 2. The number of methoxy groups -OCH3 is 1. The number of hydrogen-bond donors (Lipinski definition) is 2. The molecule has 0 unspecified atom stereocenters. The molecule has 2 N–H and O–H groups in total. The van der Waals surface area contributed by atoms with Crippen LogP contribution in [0.5, 0.6) is 5.75 Å². The molecule has 5 heteroatoms. The third-order valence-corrected chi connectivity index (χ3v) is 4.58. The molecule has 5 nitrogen and oxygen atoms in total. The van der Waals surface area contributed by atoms with Crippen molar-refractivity contribution in [1.29, 1.82) is 0 Å². The Morgan fingerprint density at radius 1 is 0.821 bits per heavy atom.